The van der Waals surface area contributed by atoms with Crippen molar-refractivity contribution in [2.75, 3.05) is 0 Å². The van der Waals surface area contributed by atoms with Crippen LogP contribution in [0.3, 0.4) is 0 Å². The van der Waals surface area contributed by atoms with Crippen molar-refractivity contribution in [3.8, 4) is 0 Å². The van der Waals surface area contributed by atoms with Gasteiger partial charge in [0, 0.05) is 12.4 Å². The summed E-state index contributed by atoms with van der Waals surface area (Å²) in [6.45, 7) is 6.33. The van der Waals surface area contributed by atoms with Crippen LogP contribution < -0.4 is 0 Å². The molecule has 0 saturated carbocycles. The molecule has 0 radical (unpaired) electrons. The number of hydrogen-bond acceptors (Lipinski definition) is 1. The lowest BCUT2D eigenvalue weighted by Crippen LogP contribution is -1.69. The third-order valence-corrected chi connectivity index (χ3v) is 2.02. The van der Waals surface area contributed by atoms with E-state index in [2.05, 4.69) is 31.0 Å². The van der Waals surface area contributed by atoms with Gasteiger partial charge >= 0.3 is 0 Å². The third kappa shape index (κ3) is 30.1. The molecule has 0 aliphatic rings. The molecule has 1 aromatic rings. The van der Waals surface area contributed by atoms with Gasteiger partial charge in [-0.1, -0.05) is 38.0 Å². The summed E-state index contributed by atoms with van der Waals surface area (Å²) in [5.74, 6) is 0. The molecule has 0 aromatic carbocycles. The van der Waals surface area contributed by atoms with Gasteiger partial charge < -0.3 is 27.4 Å². The molecule has 124 valence electrons. The van der Waals surface area contributed by atoms with Gasteiger partial charge in [0.05, 0.1) is 0 Å². The van der Waals surface area contributed by atoms with Crippen LogP contribution in [0.5, 0.6) is 0 Å². The topological polar surface area (TPSA) is 170 Å². The van der Waals surface area contributed by atoms with E-state index in [1.807, 2.05) is 25.3 Å². The minimum Gasteiger partial charge on any atom is -0.412 e. The molecule has 1 aromatic heterocycles. The lowest BCUT2D eigenvalue weighted by Gasteiger charge is -1.88. The van der Waals surface area contributed by atoms with Crippen molar-refractivity contribution >= 4 is 0 Å². The molecule has 1 heterocycles. The Balaban J connectivity index is -0.0000000393. The largest absolute Gasteiger partial charge is 0.412 e. The summed E-state index contributed by atoms with van der Waals surface area (Å²) in [6, 6.07) is 3.95. The minimum absolute atomic E-state index is 0. The highest BCUT2D eigenvalue weighted by atomic mass is 16.0. The Morgan fingerprint density at radius 2 is 1.65 bits per heavy atom. The van der Waals surface area contributed by atoms with E-state index in [4.69, 9.17) is 0 Å². The van der Waals surface area contributed by atoms with Crippen molar-refractivity contribution in [2.45, 2.75) is 46.5 Å². The highest BCUT2D eigenvalue weighted by Gasteiger charge is 1.78. The molecule has 0 aliphatic heterocycles. The summed E-state index contributed by atoms with van der Waals surface area (Å²) in [5, 5.41) is 0. The smallest absolute Gasteiger partial charge is 0.0297 e. The van der Waals surface area contributed by atoms with Gasteiger partial charge in [-0.05, 0) is 38.3 Å². The van der Waals surface area contributed by atoms with E-state index in [1.165, 1.54) is 31.2 Å². The second-order valence-corrected chi connectivity index (χ2v) is 3.60. The molecule has 6 nitrogen and oxygen atoms in total. The van der Waals surface area contributed by atoms with Crippen LogP contribution in [0, 0.1) is 6.92 Å². The Labute approximate surface area is 122 Å². The molecule has 20 heavy (non-hydrogen) atoms. The van der Waals surface area contributed by atoms with Gasteiger partial charge in [-0.3, -0.25) is 4.98 Å². The first-order chi connectivity index (χ1) is 7.31. The number of aryl methyl sites for hydroxylation is 1. The number of nitrogens with zero attached hydrogens (tertiary/aromatic N) is 1. The number of hydrogen-bond donors (Lipinski definition) is 0. The van der Waals surface area contributed by atoms with Gasteiger partial charge in [-0.15, -0.1) is 0 Å². The third-order valence-electron chi connectivity index (χ3n) is 2.02. The van der Waals surface area contributed by atoms with Gasteiger partial charge in [0.25, 0.3) is 0 Å². The molecule has 0 atom stereocenters. The molecule has 0 amide bonds. The average molecular weight is 295 g/mol. The van der Waals surface area contributed by atoms with Crippen LogP contribution in [0.25, 0.3) is 0 Å². The molecular weight excluding hydrogens is 262 g/mol. The molecule has 0 unspecified atom stereocenters. The number of pyridine rings is 1. The zero-order valence-corrected chi connectivity index (χ0v) is 12.7. The molecule has 1 rings (SSSR count). The molecular formula is C14H33NO5. The van der Waals surface area contributed by atoms with Gasteiger partial charge in [0.15, 0.2) is 0 Å². The van der Waals surface area contributed by atoms with Crippen LogP contribution in [0.4, 0.5) is 0 Å². The van der Waals surface area contributed by atoms with Gasteiger partial charge in [0.1, 0.15) is 0 Å². The highest BCUT2D eigenvalue weighted by Crippen LogP contribution is 1.98. The summed E-state index contributed by atoms with van der Waals surface area (Å²) >= 11 is 0. The van der Waals surface area contributed by atoms with E-state index < -0.39 is 0 Å². The van der Waals surface area contributed by atoms with Crippen molar-refractivity contribution in [2.24, 2.45) is 0 Å². The zero-order valence-electron chi connectivity index (χ0n) is 12.7. The first kappa shape index (κ1) is 36.3. The second kappa shape index (κ2) is 30.6. The van der Waals surface area contributed by atoms with Crippen LogP contribution in [-0.4, -0.2) is 32.4 Å². The van der Waals surface area contributed by atoms with Crippen LogP contribution in [0.2, 0.25) is 0 Å². The number of unbranched alkanes of at least 4 members (excludes halogenated alkanes) is 3. The lowest BCUT2D eigenvalue weighted by molar-refractivity contribution is 0.729. The Morgan fingerprint density at radius 1 is 1.05 bits per heavy atom. The Bertz CT molecular complexity index is 255. The monoisotopic (exact) mass is 295 g/mol. The predicted octanol–water partition coefficient (Wildman–Crippen LogP) is 0.409. The minimum atomic E-state index is 0. The average Bonchev–Trinajstić information content (AvgIpc) is 2.27. The van der Waals surface area contributed by atoms with E-state index in [0.717, 1.165) is 0 Å². The molecule has 0 fully saturated rings. The second-order valence-electron chi connectivity index (χ2n) is 3.60. The molecule has 0 bridgehead atoms. The van der Waals surface area contributed by atoms with Crippen molar-refractivity contribution in [3.63, 3.8) is 0 Å². The molecule has 10 N–H and O–H groups in total. The fraction of sp³-hybridized carbons (Fsp3) is 0.500. The van der Waals surface area contributed by atoms with Crippen molar-refractivity contribution in [3.05, 3.63) is 42.2 Å². The van der Waals surface area contributed by atoms with E-state index in [1.54, 1.807) is 6.20 Å². The maximum atomic E-state index is 3.88. The quantitative estimate of drug-likeness (QED) is 0.568. The number of allylic oxidation sites excluding steroid dienone is 2. The molecule has 6 heteroatoms. The lowest BCUT2D eigenvalue weighted by atomic mass is 10.2. The maximum absolute atomic E-state index is 3.88. The van der Waals surface area contributed by atoms with Crippen molar-refractivity contribution in [1.82, 2.24) is 4.98 Å². The first-order valence-electron chi connectivity index (χ1n) is 5.79. The van der Waals surface area contributed by atoms with Crippen LogP contribution >= 0.6 is 0 Å². The Morgan fingerprint density at radius 3 is 1.95 bits per heavy atom. The van der Waals surface area contributed by atoms with E-state index in [9.17, 15) is 0 Å². The van der Waals surface area contributed by atoms with Crippen molar-refractivity contribution < 1.29 is 27.4 Å². The highest BCUT2D eigenvalue weighted by molar-refractivity contribution is 5.04. The van der Waals surface area contributed by atoms with E-state index in [0.29, 0.717) is 0 Å². The summed E-state index contributed by atoms with van der Waals surface area (Å²) in [4.78, 5) is 3.88. The molecule has 0 spiro atoms. The fourth-order valence-electron chi connectivity index (χ4n) is 1.13. The number of aromatic nitrogens is 1. The SMILES string of the molecule is CC=CCCCCC.Cc1cccnc1.O.O.O.O.O. The van der Waals surface area contributed by atoms with Crippen molar-refractivity contribution in [1.29, 1.82) is 0 Å². The maximum Gasteiger partial charge on any atom is 0.0297 e. The van der Waals surface area contributed by atoms with E-state index >= 15 is 0 Å². The first-order valence-corrected chi connectivity index (χ1v) is 5.79. The van der Waals surface area contributed by atoms with Crippen LogP contribution in [0.15, 0.2) is 36.7 Å². The van der Waals surface area contributed by atoms with Crippen LogP contribution in [-0.2, 0) is 0 Å². The predicted molar refractivity (Wildman–Crippen MR) is 86.0 cm³/mol. The van der Waals surface area contributed by atoms with Gasteiger partial charge in [0.2, 0.25) is 0 Å². The Kier molecular flexibility index (Phi) is 55.6. The summed E-state index contributed by atoms with van der Waals surface area (Å²) in [6.07, 6.45) is 13.3. The summed E-state index contributed by atoms with van der Waals surface area (Å²) in [7, 11) is 0. The normalized spacial score (nSPS) is 7.35. The molecule has 0 aliphatic carbocycles. The molecule has 0 saturated heterocycles. The zero-order chi connectivity index (χ0) is 11.4. The Hall–Kier alpha value is -1.31. The number of rotatable bonds is 4. The summed E-state index contributed by atoms with van der Waals surface area (Å²) < 4.78 is 0. The van der Waals surface area contributed by atoms with E-state index in [-0.39, 0.29) is 27.4 Å². The fourth-order valence-corrected chi connectivity index (χ4v) is 1.13. The van der Waals surface area contributed by atoms with Crippen LogP contribution in [0.1, 0.15) is 45.1 Å². The van der Waals surface area contributed by atoms with Gasteiger partial charge in [-0.2, -0.15) is 0 Å². The standard InChI is InChI=1S/C8H16.C6H7N.5H2O/c1-3-5-7-8-6-4-2;1-6-3-2-4-7-5-6;;;;;/h3,5H,4,6-8H2,1-2H3;2-5H,1H3;5*1H2. The van der Waals surface area contributed by atoms with Gasteiger partial charge in [-0.25, -0.2) is 0 Å². The summed E-state index contributed by atoms with van der Waals surface area (Å²) in [5.41, 5.74) is 1.21.